The van der Waals surface area contributed by atoms with Crippen molar-refractivity contribution in [2.75, 3.05) is 26.8 Å². The molecule has 1 aromatic carbocycles. The van der Waals surface area contributed by atoms with E-state index in [9.17, 15) is 0 Å². The van der Waals surface area contributed by atoms with Crippen molar-refractivity contribution < 1.29 is 9.47 Å². The van der Waals surface area contributed by atoms with Crippen LogP contribution >= 0.6 is 0 Å². The lowest BCUT2D eigenvalue weighted by atomic mass is 10.00. The first kappa shape index (κ1) is 13.9. The van der Waals surface area contributed by atoms with Crippen molar-refractivity contribution in [1.82, 2.24) is 4.90 Å². The van der Waals surface area contributed by atoms with Crippen LogP contribution in [-0.4, -0.2) is 43.9 Å². The molecule has 2 fully saturated rings. The average Bonchev–Trinajstić information content (AvgIpc) is 2.98. The molecule has 2 N–H and O–H groups in total. The van der Waals surface area contributed by atoms with Crippen LogP contribution < -0.4 is 10.5 Å². The van der Waals surface area contributed by atoms with Crippen LogP contribution in [0.4, 0.5) is 0 Å². The zero-order valence-electron chi connectivity index (χ0n) is 12.1. The van der Waals surface area contributed by atoms with Crippen LogP contribution in [-0.2, 0) is 4.74 Å². The molecule has 4 nitrogen and oxygen atoms in total. The molecule has 1 saturated carbocycles. The van der Waals surface area contributed by atoms with E-state index in [2.05, 4.69) is 17.0 Å². The van der Waals surface area contributed by atoms with Crippen LogP contribution in [0.25, 0.3) is 0 Å². The Morgan fingerprint density at radius 3 is 3.05 bits per heavy atom. The predicted octanol–water partition coefficient (Wildman–Crippen LogP) is 1.95. The molecular weight excluding hydrogens is 252 g/mol. The van der Waals surface area contributed by atoms with Crippen LogP contribution in [0.3, 0.4) is 0 Å². The third-order valence-electron chi connectivity index (χ3n) is 4.65. The lowest BCUT2D eigenvalue weighted by Gasteiger charge is -2.42. The van der Waals surface area contributed by atoms with Gasteiger partial charge in [0.15, 0.2) is 0 Å². The monoisotopic (exact) mass is 276 g/mol. The van der Waals surface area contributed by atoms with Gasteiger partial charge in [-0.15, -0.1) is 0 Å². The first-order valence-corrected chi connectivity index (χ1v) is 7.55. The largest absolute Gasteiger partial charge is 0.496 e. The number of rotatable bonds is 4. The Hall–Kier alpha value is -1.10. The maximum Gasteiger partial charge on any atom is 0.123 e. The number of hydrogen-bond donors (Lipinski definition) is 1. The Balaban J connectivity index is 1.88. The van der Waals surface area contributed by atoms with Gasteiger partial charge in [-0.2, -0.15) is 0 Å². The summed E-state index contributed by atoms with van der Waals surface area (Å²) in [5.74, 6) is 0.934. The number of nitrogens with zero attached hydrogens (tertiary/aromatic N) is 1. The van der Waals surface area contributed by atoms with Gasteiger partial charge in [-0.1, -0.05) is 18.2 Å². The summed E-state index contributed by atoms with van der Waals surface area (Å²) in [6.45, 7) is 2.39. The fourth-order valence-corrected chi connectivity index (χ4v) is 3.73. The molecule has 0 spiro atoms. The summed E-state index contributed by atoms with van der Waals surface area (Å²) in [5, 5.41) is 0. The number of ether oxygens (including phenoxy) is 2. The van der Waals surface area contributed by atoms with Gasteiger partial charge in [0, 0.05) is 24.7 Å². The maximum absolute atomic E-state index is 6.10. The molecule has 1 aliphatic heterocycles. The molecule has 3 atom stereocenters. The normalized spacial score (nSPS) is 28.1. The molecule has 2 aliphatic rings. The molecule has 1 aliphatic carbocycles. The molecular formula is C16H24N2O2. The van der Waals surface area contributed by atoms with Crippen LogP contribution in [0.5, 0.6) is 5.75 Å². The second kappa shape index (κ2) is 6.12. The summed E-state index contributed by atoms with van der Waals surface area (Å²) in [5.41, 5.74) is 7.30. The van der Waals surface area contributed by atoms with E-state index in [1.165, 1.54) is 24.8 Å². The van der Waals surface area contributed by atoms with Gasteiger partial charge in [-0.25, -0.2) is 0 Å². The van der Waals surface area contributed by atoms with Crippen molar-refractivity contribution in [1.29, 1.82) is 0 Å². The molecule has 0 radical (unpaired) electrons. The number of methoxy groups -OCH3 is 1. The summed E-state index contributed by atoms with van der Waals surface area (Å²) >= 11 is 0. The Morgan fingerprint density at radius 2 is 2.25 bits per heavy atom. The number of benzene rings is 1. The first-order valence-electron chi connectivity index (χ1n) is 7.55. The zero-order valence-corrected chi connectivity index (χ0v) is 12.1. The smallest absolute Gasteiger partial charge is 0.123 e. The van der Waals surface area contributed by atoms with Crippen LogP contribution in [0.1, 0.15) is 30.9 Å². The number of hydrogen-bond acceptors (Lipinski definition) is 4. The number of para-hydroxylation sites is 1. The summed E-state index contributed by atoms with van der Waals surface area (Å²) in [4.78, 5) is 2.54. The molecule has 0 amide bonds. The fourth-order valence-electron chi connectivity index (χ4n) is 3.73. The second-order valence-corrected chi connectivity index (χ2v) is 5.64. The van der Waals surface area contributed by atoms with E-state index < -0.39 is 0 Å². The quantitative estimate of drug-likeness (QED) is 0.913. The average molecular weight is 276 g/mol. The van der Waals surface area contributed by atoms with E-state index >= 15 is 0 Å². The van der Waals surface area contributed by atoms with E-state index in [0.29, 0.717) is 18.7 Å². The molecule has 1 saturated heterocycles. The van der Waals surface area contributed by atoms with Crippen LogP contribution in [0.2, 0.25) is 0 Å². The third-order valence-corrected chi connectivity index (χ3v) is 4.65. The highest BCUT2D eigenvalue weighted by atomic mass is 16.5. The van der Waals surface area contributed by atoms with E-state index in [-0.39, 0.29) is 6.04 Å². The van der Waals surface area contributed by atoms with Gasteiger partial charge in [-0.05, 0) is 25.3 Å². The van der Waals surface area contributed by atoms with Gasteiger partial charge in [0.05, 0.1) is 25.9 Å². The molecule has 1 aromatic rings. The first-order chi connectivity index (χ1) is 9.85. The van der Waals surface area contributed by atoms with Gasteiger partial charge in [0.1, 0.15) is 5.75 Å². The number of morpholine rings is 1. The van der Waals surface area contributed by atoms with Gasteiger partial charge in [-0.3, -0.25) is 4.90 Å². The van der Waals surface area contributed by atoms with Crippen molar-refractivity contribution in [2.45, 2.75) is 37.5 Å². The van der Waals surface area contributed by atoms with Crippen molar-refractivity contribution in [3.63, 3.8) is 0 Å². The van der Waals surface area contributed by atoms with Gasteiger partial charge in [0.25, 0.3) is 0 Å². The van der Waals surface area contributed by atoms with Crippen LogP contribution in [0, 0.1) is 0 Å². The third kappa shape index (κ3) is 2.43. The minimum Gasteiger partial charge on any atom is -0.496 e. The van der Waals surface area contributed by atoms with E-state index in [1.54, 1.807) is 7.11 Å². The Morgan fingerprint density at radius 1 is 1.40 bits per heavy atom. The van der Waals surface area contributed by atoms with Crippen molar-refractivity contribution >= 4 is 0 Å². The van der Waals surface area contributed by atoms with Crippen molar-refractivity contribution in [2.24, 2.45) is 5.73 Å². The zero-order chi connectivity index (χ0) is 13.9. The van der Waals surface area contributed by atoms with Crippen molar-refractivity contribution in [3.8, 4) is 5.75 Å². The summed E-state index contributed by atoms with van der Waals surface area (Å²) in [6, 6.07) is 8.96. The second-order valence-electron chi connectivity index (χ2n) is 5.64. The number of fused-ring (bicyclic) bond motifs is 1. The molecule has 0 bridgehead atoms. The summed E-state index contributed by atoms with van der Waals surface area (Å²) in [7, 11) is 1.73. The highest BCUT2D eigenvalue weighted by molar-refractivity contribution is 5.36. The molecule has 3 rings (SSSR count). The molecule has 3 unspecified atom stereocenters. The van der Waals surface area contributed by atoms with E-state index in [1.807, 2.05) is 12.1 Å². The highest BCUT2D eigenvalue weighted by Gasteiger charge is 2.39. The van der Waals surface area contributed by atoms with Gasteiger partial charge < -0.3 is 15.2 Å². The minimum atomic E-state index is 0.223. The lowest BCUT2D eigenvalue weighted by Crippen LogP contribution is -2.51. The Labute approximate surface area is 120 Å². The molecule has 20 heavy (non-hydrogen) atoms. The number of nitrogens with two attached hydrogens (primary N) is 1. The van der Waals surface area contributed by atoms with Crippen LogP contribution in [0.15, 0.2) is 24.3 Å². The molecule has 4 heteroatoms. The van der Waals surface area contributed by atoms with Gasteiger partial charge >= 0.3 is 0 Å². The molecule has 1 heterocycles. The Bertz CT molecular complexity index is 452. The molecule has 110 valence electrons. The Kier molecular flexibility index (Phi) is 4.24. The SMILES string of the molecule is COc1ccccc1C(CN)N1CCOC2CCCC21. The summed E-state index contributed by atoms with van der Waals surface area (Å²) in [6.07, 6.45) is 4.06. The van der Waals surface area contributed by atoms with E-state index in [0.717, 1.165) is 18.9 Å². The standard InChI is InChI=1S/C16H24N2O2/c1-19-15-7-3-2-5-12(15)14(11-17)18-9-10-20-16-8-4-6-13(16)18/h2-3,5,7,13-14,16H,4,6,8-11,17H2,1H3. The maximum atomic E-state index is 6.10. The summed E-state index contributed by atoms with van der Waals surface area (Å²) < 4.78 is 11.4. The fraction of sp³-hybridized carbons (Fsp3) is 0.625. The van der Waals surface area contributed by atoms with E-state index in [4.69, 9.17) is 15.2 Å². The highest BCUT2D eigenvalue weighted by Crippen LogP contribution is 2.37. The molecule has 0 aromatic heterocycles. The van der Waals surface area contributed by atoms with Crippen molar-refractivity contribution in [3.05, 3.63) is 29.8 Å². The predicted molar refractivity (Wildman–Crippen MR) is 78.9 cm³/mol. The van der Waals surface area contributed by atoms with Gasteiger partial charge in [0.2, 0.25) is 0 Å². The topological polar surface area (TPSA) is 47.7 Å². The lowest BCUT2D eigenvalue weighted by molar-refractivity contribution is -0.0713. The minimum absolute atomic E-state index is 0.223.